The Morgan fingerprint density at radius 3 is 2.70 bits per heavy atom. The fourth-order valence-corrected chi connectivity index (χ4v) is 2.72. The van der Waals surface area contributed by atoms with Gasteiger partial charge in [0.2, 0.25) is 12.7 Å². The maximum Gasteiger partial charge on any atom is 0.252 e. The van der Waals surface area contributed by atoms with E-state index in [0.29, 0.717) is 29.3 Å². The van der Waals surface area contributed by atoms with Gasteiger partial charge in [-0.1, -0.05) is 6.07 Å². The highest BCUT2D eigenvalue weighted by Gasteiger charge is 2.17. The van der Waals surface area contributed by atoms with Crippen molar-refractivity contribution in [3.63, 3.8) is 0 Å². The predicted molar refractivity (Wildman–Crippen MR) is 95.6 cm³/mol. The number of rotatable bonds is 5. The summed E-state index contributed by atoms with van der Waals surface area (Å²) in [6.07, 6.45) is 1.74. The van der Waals surface area contributed by atoms with Crippen LogP contribution in [-0.4, -0.2) is 22.7 Å². The Labute approximate surface area is 154 Å². The van der Waals surface area contributed by atoms with E-state index in [-0.39, 0.29) is 24.1 Å². The number of hydrogen-bond donors (Lipinski definition) is 2. The number of nitrogens with one attached hydrogen (secondary N) is 1. The zero-order valence-electron chi connectivity index (χ0n) is 14.1. The van der Waals surface area contributed by atoms with E-state index in [9.17, 15) is 9.18 Å². The van der Waals surface area contributed by atoms with Crippen molar-refractivity contribution in [3.05, 3.63) is 71.3 Å². The van der Waals surface area contributed by atoms with Crippen molar-refractivity contribution >= 4 is 17.5 Å². The number of ether oxygens (including phenoxy) is 2. The number of hydrogen-bond acceptors (Lipinski definition) is 6. The molecule has 2 heterocycles. The fourth-order valence-electron chi connectivity index (χ4n) is 2.72. The number of halogens is 1. The summed E-state index contributed by atoms with van der Waals surface area (Å²) in [6.45, 7) is 0.185. The molecule has 1 aliphatic rings. The quantitative estimate of drug-likeness (QED) is 0.720. The molecule has 0 unspecified atom stereocenters. The number of nitrogens with zero attached hydrogens (tertiary/aromatic N) is 2. The number of anilines is 2. The van der Waals surface area contributed by atoms with Crippen LogP contribution >= 0.6 is 0 Å². The molecule has 27 heavy (non-hydrogen) atoms. The van der Waals surface area contributed by atoms with Gasteiger partial charge in [-0.05, 0) is 42.0 Å². The van der Waals surface area contributed by atoms with E-state index in [0.717, 1.165) is 5.56 Å². The van der Waals surface area contributed by atoms with E-state index in [1.54, 1.807) is 18.2 Å². The Hall–Kier alpha value is -3.68. The summed E-state index contributed by atoms with van der Waals surface area (Å²) in [5.41, 5.74) is 7.66. The molecule has 0 aliphatic carbocycles. The Bertz CT molecular complexity index is 1010. The molecule has 3 N–H and O–H groups in total. The van der Waals surface area contributed by atoms with Gasteiger partial charge in [-0.15, -0.1) is 0 Å². The van der Waals surface area contributed by atoms with Crippen molar-refractivity contribution in [2.75, 3.05) is 12.1 Å². The van der Waals surface area contributed by atoms with Gasteiger partial charge in [-0.2, -0.15) is 0 Å². The number of fused-ring (bicyclic) bond motifs is 1. The number of benzene rings is 2. The van der Waals surface area contributed by atoms with Gasteiger partial charge in [0.15, 0.2) is 11.5 Å². The molecule has 3 aromatic rings. The zero-order chi connectivity index (χ0) is 18.8. The summed E-state index contributed by atoms with van der Waals surface area (Å²) in [7, 11) is 0. The van der Waals surface area contributed by atoms with E-state index in [2.05, 4.69) is 15.3 Å². The molecule has 0 spiro atoms. The molecule has 1 aromatic heterocycles. The number of carbonyl (C=O) groups excluding carboxylic acids is 1. The van der Waals surface area contributed by atoms with Gasteiger partial charge in [0.25, 0.3) is 5.91 Å². The van der Waals surface area contributed by atoms with Gasteiger partial charge in [0.05, 0.1) is 11.3 Å². The van der Waals surface area contributed by atoms with Crippen LogP contribution in [0.5, 0.6) is 11.5 Å². The number of amides is 1. The topological polar surface area (TPSA) is 99.4 Å². The summed E-state index contributed by atoms with van der Waals surface area (Å²) in [6, 6.07) is 11.3. The molecule has 1 aliphatic heterocycles. The van der Waals surface area contributed by atoms with Crippen LogP contribution in [0.25, 0.3) is 0 Å². The minimum absolute atomic E-state index is 0.185. The lowest BCUT2D eigenvalue weighted by molar-refractivity contribution is 0.0998. The Balaban J connectivity index is 1.63. The van der Waals surface area contributed by atoms with Crippen molar-refractivity contribution in [3.8, 4) is 11.5 Å². The zero-order valence-corrected chi connectivity index (χ0v) is 14.1. The van der Waals surface area contributed by atoms with E-state index in [4.69, 9.17) is 15.2 Å². The molecule has 4 rings (SSSR count). The maximum absolute atomic E-state index is 13.0. The summed E-state index contributed by atoms with van der Waals surface area (Å²) >= 11 is 0. The largest absolute Gasteiger partial charge is 0.454 e. The second-order valence-corrected chi connectivity index (χ2v) is 5.91. The van der Waals surface area contributed by atoms with Crippen LogP contribution in [0.3, 0.4) is 0 Å². The number of carbonyl (C=O) groups is 1. The first-order valence-electron chi connectivity index (χ1n) is 8.15. The van der Waals surface area contributed by atoms with Crippen LogP contribution in [0.15, 0.2) is 48.7 Å². The van der Waals surface area contributed by atoms with Gasteiger partial charge in [0.1, 0.15) is 5.82 Å². The van der Waals surface area contributed by atoms with Crippen LogP contribution in [0.2, 0.25) is 0 Å². The summed E-state index contributed by atoms with van der Waals surface area (Å²) < 4.78 is 23.7. The van der Waals surface area contributed by atoms with Gasteiger partial charge in [-0.25, -0.2) is 14.4 Å². The second kappa shape index (κ2) is 6.91. The Morgan fingerprint density at radius 1 is 1.15 bits per heavy atom. The van der Waals surface area contributed by atoms with Crippen molar-refractivity contribution in [2.24, 2.45) is 5.73 Å². The van der Waals surface area contributed by atoms with Crippen molar-refractivity contribution in [2.45, 2.75) is 6.42 Å². The first-order valence-corrected chi connectivity index (χ1v) is 8.15. The molecule has 0 fully saturated rings. The first-order chi connectivity index (χ1) is 13.1. The van der Waals surface area contributed by atoms with Crippen molar-refractivity contribution in [1.29, 1.82) is 0 Å². The average molecular weight is 366 g/mol. The molecule has 0 radical (unpaired) electrons. The van der Waals surface area contributed by atoms with Gasteiger partial charge < -0.3 is 20.5 Å². The SMILES string of the molecule is NC(=O)c1cnc(Nc2ccc(F)cc2)nc1Cc1ccc2c(c1)OCO2. The standard InChI is InChI=1S/C19H15FN4O3/c20-12-2-4-13(5-3-12)23-19-22-9-14(18(21)25)15(24-19)7-11-1-6-16-17(8-11)27-10-26-16/h1-6,8-9H,7,10H2,(H2,21,25)(H,22,23,24). The Kier molecular flexibility index (Phi) is 4.29. The fraction of sp³-hybridized carbons (Fsp3) is 0.105. The molecular weight excluding hydrogens is 351 g/mol. The molecule has 136 valence electrons. The third-order valence-corrected chi connectivity index (χ3v) is 4.04. The first kappa shape index (κ1) is 16.8. The third kappa shape index (κ3) is 3.64. The molecule has 8 heteroatoms. The summed E-state index contributed by atoms with van der Waals surface area (Å²) in [5.74, 6) is 0.650. The van der Waals surface area contributed by atoms with E-state index >= 15 is 0 Å². The maximum atomic E-state index is 13.0. The van der Waals surface area contributed by atoms with Crippen molar-refractivity contribution in [1.82, 2.24) is 9.97 Å². The van der Waals surface area contributed by atoms with Gasteiger partial charge in [-0.3, -0.25) is 4.79 Å². The smallest absolute Gasteiger partial charge is 0.252 e. The number of nitrogens with two attached hydrogens (primary N) is 1. The molecule has 0 saturated heterocycles. The molecule has 0 atom stereocenters. The highest BCUT2D eigenvalue weighted by Crippen LogP contribution is 2.33. The minimum Gasteiger partial charge on any atom is -0.454 e. The van der Waals surface area contributed by atoms with Crippen LogP contribution in [0, 0.1) is 5.82 Å². The number of primary amides is 1. The van der Waals surface area contributed by atoms with E-state index < -0.39 is 5.91 Å². The lowest BCUT2D eigenvalue weighted by Crippen LogP contribution is -2.16. The normalized spacial score (nSPS) is 12.0. The lowest BCUT2D eigenvalue weighted by Gasteiger charge is -2.10. The van der Waals surface area contributed by atoms with Crippen LogP contribution in [-0.2, 0) is 6.42 Å². The monoisotopic (exact) mass is 366 g/mol. The minimum atomic E-state index is -0.612. The predicted octanol–water partition coefficient (Wildman–Crippen LogP) is 2.78. The van der Waals surface area contributed by atoms with Crippen LogP contribution in [0.4, 0.5) is 16.0 Å². The summed E-state index contributed by atoms with van der Waals surface area (Å²) in [5, 5.41) is 2.98. The number of aromatic nitrogens is 2. The second-order valence-electron chi connectivity index (χ2n) is 5.91. The average Bonchev–Trinajstić information content (AvgIpc) is 3.11. The Morgan fingerprint density at radius 2 is 1.93 bits per heavy atom. The highest BCUT2D eigenvalue weighted by molar-refractivity contribution is 5.93. The van der Waals surface area contributed by atoms with Gasteiger partial charge >= 0.3 is 0 Å². The van der Waals surface area contributed by atoms with Crippen molar-refractivity contribution < 1.29 is 18.7 Å². The molecular formula is C19H15FN4O3. The third-order valence-electron chi connectivity index (χ3n) is 4.04. The van der Waals surface area contributed by atoms with Crippen LogP contribution in [0.1, 0.15) is 21.6 Å². The molecule has 0 saturated carbocycles. The highest BCUT2D eigenvalue weighted by atomic mass is 19.1. The van der Waals surface area contributed by atoms with E-state index in [1.165, 1.54) is 18.3 Å². The lowest BCUT2D eigenvalue weighted by atomic mass is 10.1. The van der Waals surface area contributed by atoms with E-state index in [1.807, 2.05) is 12.1 Å². The van der Waals surface area contributed by atoms with Gasteiger partial charge in [0, 0.05) is 18.3 Å². The summed E-state index contributed by atoms with van der Waals surface area (Å²) in [4.78, 5) is 20.3. The molecule has 7 nitrogen and oxygen atoms in total. The molecule has 1 amide bonds. The molecule has 0 bridgehead atoms. The van der Waals surface area contributed by atoms with Crippen LogP contribution < -0.4 is 20.5 Å². The molecule has 2 aromatic carbocycles.